The fourth-order valence-corrected chi connectivity index (χ4v) is 11.4. The molecule has 1 saturated carbocycles. The van der Waals surface area contributed by atoms with Gasteiger partial charge in [0.05, 0.1) is 72.5 Å². The molecule has 4 atom stereocenters. The van der Waals surface area contributed by atoms with Crippen molar-refractivity contribution in [3.8, 4) is 0 Å². The van der Waals surface area contributed by atoms with Crippen LogP contribution in [0.5, 0.6) is 0 Å². The molecular formula is C88H144N2O30. The molecule has 4 unspecified atom stereocenters. The maximum absolute atomic E-state index is 12.5. The lowest BCUT2D eigenvalue weighted by Gasteiger charge is -2.55. The Bertz CT molecular complexity index is 2900. The molecule has 0 radical (unpaired) electrons. The molecule has 1 aliphatic carbocycles. The number of carbonyl (C=O) groups excluding carboxylic acids is 12. The number of rotatable bonds is 58. The monoisotopic (exact) mass is 1710 g/mol. The third-order valence-electron chi connectivity index (χ3n) is 17.3. The summed E-state index contributed by atoms with van der Waals surface area (Å²) in [5.74, 6) is -6.12. The molecule has 0 heterocycles. The zero-order valence-corrected chi connectivity index (χ0v) is 74.0. The molecule has 0 spiro atoms. The largest absolute Gasteiger partial charge is 0.460 e. The van der Waals surface area contributed by atoms with Crippen LogP contribution in [-0.2, 0) is 143 Å². The van der Waals surface area contributed by atoms with E-state index in [4.69, 9.17) is 85.9 Å². The topological polar surface area (TPSA) is 377 Å². The van der Waals surface area contributed by atoms with Gasteiger partial charge in [0.1, 0.15) is 64.2 Å². The lowest BCUT2D eigenvalue weighted by Crippen LogP contribution is -2.66. The number of nitrogens with zero attached hydrogens (tertiary/aromatic N) is 2. The van der Waals surface area contributed by atoms with Crippen LogP contribution >= 0.6 is 0 Å². The number of allylic oxidation sites excluding steroid dienone is 4. The zero-order valence-electron chi connectivity index (χ0n) is 74.0. The summed E-state index contributed by atoms with van der Waals surface area (Å²) < 4.78 is 74.1. The van der Waals surface area contributed by atoms with Crippen molar-refractivity contribution in [2.24, 2.45) is 21.7 Å². The van der Waals surface area contributed by atoms with E-state index in [1.165, 1.54) is 33.3 Å². The normalized spacial score (nSPS) is 14.0. The first-order chi connectivity index (χ1) is 56.1. The number of ether oxygens (including phenoxy) is 14. The van der Waals surface area contributed by atoms with Crippen molar-refractivity contribution < 1.29 is 143 Å². The summed E-state index contributed by atoms with van der Waals surface area (Å²) in [7, 11) is 12.8. The molecule has 32 nitrogen and oxygen atoms in total. The van der Waals surface area contributed by atoms with Crippen LogP contribution in [0.25, 0.3) is 0 Å². The number of carbonyl (C=O) groups is 12. The fraction of sp³-hybridized carbons (Fsp3) is 0.591. The summed E-state index contributed by atoms with van der Waals surface area (Å²) in [4.78, 5) is 162. The van der Waals surface area contributed by atoms with E-state index in [2.05, 4.69) is 92.8 Å². The summed E-state index contributed by atoms with van der Waals surface area (Å²) in [5, 5.41) is 0. The van der Waals surface area contributed by atoms with Gasteiger partial charge in [-0.25, -0.2) is 57.9 Å². The minimum atomic E-state index is -1.60. The smallest absolute Gasteiger partial charge is 0.330 e. The molecule has 0 amide bonds. The van der Waals surface area contributed by atoms with Gasteiger partial charge in [0.2, 0.25) is 0 Å². The Balaban J connectivity index is -0.000000327. The lowest BCUT2D eigenvalue weighted by atomic mass is 9.61. The third kappa shape index (κ3) is 59.5. The molecular weight excluding hydrogens is 1560 g/mol. The summed E-state index contributed by atoms with van der Waals surface area (Å²) >= 11 is 0. The predicted octanol–water partition coefficient (Wildman–Crippen LogP) is 11.6. The minimum absolute atomic E-state index is 0. The van der Waals surface area contributed by atoms with E-state index >= 15 is 0 Å². The highest BCUT2D eigenvalue weighted by atomic mass is 17.2. The van der Waals surface area contributed by atoms with Crippen LogP contribution < -0.4 is 0 Å². The highest BCUT2D eigenvalue weighted by Gasteiger charge is 2.53. The van der Waals surface area contributed by atoms with Crippen molar-refractivity contribution in [1.29, 1.82) is 0 Å². The molecule has 1 aliphatic rings. The molecule has 0 aromatic rings. The van der Waals surface area contributed by atoms with Gasteiger partial charge in [-0.3, -0.25) is 29.0 Å². The fourth-order valence-electron chi connectivity index (χ4n) is 11.4. The van der Waals surface area contributed by atoms with Crippen molar-refractivity contribution in [3.63, 3.8) is 0 Å². The number of ketones is 4. The summed E-state index contributed by atoms with van der Waals surface area (Å²) in [6.45, 7) is 58.1. The van der Waals surface area contributed by atoms with Crippen LogP contribution in [0.4, 0.5) is 0 Å². The quantitative estimate of drug-likeness (QED) is 0.0104. The molecule has 32 heteroatoms. The maximum Gasteiger partial charge on any atom is 0.330 e. The van der Waals surface area contributed by atoms with Crippen LogP contribution in [0.15, 0.2) is 152 Å². The molecule has 686 valence electrons. The van der Waals surface area contributed by atoms with Gasteiger partial charge >= 0.3 is 47.8 Å². The lowest BCUT2D eigenvalue weighted by molar-refractivity contribution is -0.316. The van der Waals surface area contributed by atoms with Crippen molar-refractivity contribution in [2.45, 2.75) is 163 Å². The van der Waals surface area contributed by atoms with Crippen LogP contribution in [0, 0.1) is 21.7 Å². The molecule has 0 N–H and O–H groups in total. The van der Waals surface area contributed by atoms with E-state index in [-0.39, 0.29) is 80.0 Å². The van der Waals surface area contributed by atoms with Crippen LogP contribution in [0.3, 0.4) is 0 Å². The predicted molar refractivity (Wildman–Crippen MR) is 457 cm³/mol. The number of hydrogen-bond acceptors (Lipinski definition) is 32. The first-order valence-corrected chi connectivity index (χ1v) is 37.9. The SMILES string of the molecule is C.C=CC(=O)CC.C=CC(=O)CC(=O)C=C.C=CC(=O)OC(C)CCCC(C)OC(=O)C=C.C=CC(=O)OCC(COC(=O)C=C)(COC(=O)C=C)N(COOC)CC1(C)CC(N(COOC)C(COC(=O)C=C)(COC(=O)C=C)COC(=O)C=C)CC(C)(C)C1.C=CC(C)=O.CCC(COC)(COC)COC.CCC(COC)(COC)COC. The van der Waals surface area contributed by atoms with Gasteiger partial charge in [-0.2, -0.15) is 0 Å². The second kappa shape index (κ2) is 73.7. The molecule has 0 aromatic heterocycles. The van der Waals surface area contributed by atoms with Gasteiger partial charge in [0.15, 0.2) is 23.1 Å². The number of esters is 8. The van der Waals surface area contributed by atoms with E-state index in [1.807, 2.05) is 41.5 Å². The van der Waals surface area contributed by atoms with Gasteiger partial charge in [-0.15, -0.1) is 0 Å². The van der Waals surface area contributed by atoms with E-state index in [0.29, 0.717) is 65.3 Å². The van der Waals surface area contributed by atoms with Gasteiger partial charge in [0, 0.05) is 121 Å². The van der Waals surface area contributed by atoms with Crippen LogP contribution in [0.2, 0.25) is 0 Å². The molecule has 0 saturated heterocycles. The average molecular weight is 1710 g/mol. The summed E-state index contributed by atoms with van der Waals surface area (Å²) in [6.07, 6.45) is 18.6. The standard InChI is InChI=1S/C40H58N2O16.C13H20O4.2C9H20O3.C7H8O2.C5H8O.C4H6O.CH4/c1-12-31(43)51-22-39(23-52-32(44)13-2,24-53-33(45)14-3)41(28-57-49-10)21-38(9)19-30(18-37(7,8)20-38)42(29-58-50-11)40(25-54-34(46)15-4,26-55-35(47)16-5)27-56-36(48)17-6;1-5-12(14)16-10(3)8-7-9-11(4)17-13(15)6-2;2*1-5-9(6-10-2,7-11-3)8-12-4;1-3-6(8)5-7(9)4-2;1-3-5(6)4-2;1-3-4(2)5;/h12-17,30H,1-6,18-29H2,7-11H3;5-6,10-11H,1-2,7-9H2,3-4H3;2*5-8H2,1-4H3;3-4H,1-2,5H2;3H,1,4H2,2H3;3H,1H2,2H3;1H4. The third-order valence-corrected chi connectivity index (χ3v) is 17.3. The number of hydrogen-bond donors (Lipinski definition) is 0. The Kier molecular flexibility index (Phi) is 76.2. The molecule has 0 aromatic carbocycles. The highest BCUT2D eigenvalue weighted by Crippen LogP contribution is 2.50. The number of methoxy groups -OCH3 is 6. The van der Waals surface area contributed by atoms with Crippen molar-refractivity contribution >= 4 is 70.9 Å². The minimum Gasteiger partial charge on any atom is -0.460 e. The molecule has 0 bridgehead atoms. The molecule has 1 rings (SSSR count). The second-order valence-corrected chi connectivity index (χ2v) is 28.0. The van der Waals surface area contributed by atoms with Crippen LogP contribution in [-0.4, -0.2) is 266 Å². The Morgan fingerprint density at radius 2 is 0.683 bits per heavy atom. The molecule has 120 heavy (non-hydrogen) atoms. The van der Waals surface area contributed by atoms with E-state index < -0.39 is 115 Å². The second-order valence-electron chi connectivity index (χ2n) is 28.0. The van der Waals surface area contributed by atoms with Gasteiger partial charge < -0.3 is 66.3 Å². The molecule has 1 fully saturated rings. The Labute approximate surface area is 714 Å². The van der Waals surface area contributed by atoms with Crippen molar-refractivity contribution in [1.82, 2.24) is 9.80 Å². The first-order valence-electron chi connectivity index (χ1n) is 37.9. The summed E-state index contributed by atoms with van der Waals surface area (Å²) in [6, 6.07) is -0.549. The van der Waals surface area contributed by atoms with Gasteiger partial charge in [0.25, 0.3) is 0 Å². The maximum atomic E-state index is 12.5. The average Bonchev–Trinajstić information content (AvgIpc) is 0.756. The van der Waals surface area contributed by atoms with E-state index in [9.17, 15) is 57.5 Å². The van der Waals surface area contributed by atoms with E-state index in [0.717, 1.165) is 92.9 Å². The highest BCUT2D eigenvalue weighted by molar-refractivity contribution is 6.08. The van der Waals surface area contributed by atoms with Gasteiger partial charge in [-0.05, 0) is 107 Å². The van der Waals surface area contributed by atoms with Crippen LogP contribution in [0.1, 0.15) is 134 Å². The molecule has 0 aliphatic heterocycles. The van der Waals surface area contributed by atoms with Crippen molar-refractivity contribution in [3.05, 3.63) is 152 Å². The van der Waals surface area contributed by atoms with Crippen molar-refractivity contribution in [2.75, 3.05) is 156 Å². The first kappa shape index (κ1) is 124. The zero-order chi connectivity index (χ0) is 92.7. The Morgan fingerprint density at radius 3 is 0.917 bits per heavy atom. The van der Waals surface area contributed by atoms with Gasteiger partial charge in [-0.1, -0.05) is 128 Å². The Morgan fingerprint density at radius 1 is 0.400 bits per heavy atom. The van der Waals surface area contributed by atoms with E-state index in [1.54, 1.807) is 52.5 Å². The Hall–Kier alpha value is -9.16. The summed E-state index contributed by atoms with van der Waals surface area (Å²) in [5.41, 5.74) is -4.41.